The average Bonchev–Trinajstić information content (AvgIpc) is 2.83. The van der Waals surface area contributed by atoms with Gasteiger partial charge in [-0.1, -0.05) is 12.1 Å². The number of anilines is 1. The predicted octanol–water partition coefficient (Wildman–Crippen LogP) is 3.57. The van der Waals surface area contributed by atoms with Crippen LogP contribution in [0.15, 0.2) is 47.5 Å². The van der Waals surface area contributed by atoms with Crippen LogP contribution in [0.5, 0.6) is 17.2 Å². The Balaban J connectivity index is 1.49. The number of aryl methyl sites for hydroxylation is 1. The monoisotopic (exact) mass is 440 g/mol. The molecular formula is C25H36N4O3. The topological polar surface area (TPSA) is 78.4 Å². The second-order valence-electron chi connectivity index (χ2n) is 8.01. The summed E-state index contributed by atoms with van der Waals surface area (Å²) in [6, 6.07) is 13.8. The van der Waals surface area contributed by atoms with Crippen molar-refractivity contribution < 1.29 is 14.6 Å². The molecule has 7 nitrogen and oxygen atoms in total. The van der Waals surface area contributed by atoms with E-state index in [0.717, 1.165) is 75.0 Å². The zero-order valence-electron chi connectivity index (χ0n) is 19.4. The highest BCUT2D eigenvalue weighted by Gasteiger charge is 2.21. The second kappa shape index (κ2) is 12.1. The van der Waals surface area contributed by atoms with Crippen LogP contribution in [-0.4, -0.2) is 57.5 Å². The highest BCUT2D eigenvalue weighted by molar-refractivity contribution is 5.80. The van der Waals surface area contributed by atoms with Crippen LogP contribution in [0.25, 0.3) is 0 Å². The fraction of sp³-hybridized carbons (Fsp3) is 0.480. The molecule has 1 fully saturated rings. The van der Waals surface area contributed by atoms with Gasteiger partial charge in [-0.2, -0.15) is 0 Å². The van der Waals surface area contributed by atoms with Gasteiger partial charge in [0, 0.05) is 56.1 Å². The minimum atomic E-state index is 0.307. The first-order valence-electron chi connectivity index (χ1n) is 11.4. The van der Waals surface area contributed by atoms with Crippen LogP contribution in [0.4, 0.5) is 5.69 Å². The van der Waals surface area contributed by atoms with Gasteiger partial charge >= 0.3 is 0 Å². The summed E-state index contributed by atoms with van der Waals surface area (Å²) in [6.45, 7) is 5.62. The Bertz CT molecular complexity index is 840. The van der Waals surface area contributed by atoms with Crippen molar-refractivity contribution in [3.63, 3.8) is 0 Å². The number of phenols is 1. The SMILES string of the molecule is CCNC(=NCCCc1ccc(O)cc1)NC1CCN(c2cc(OC)cc(OC)c2)CC1. The maximum Gasteiger partial charge on any atom is 0.191 e. The summed E-state index contributed by atoms with van der Waals surface area (Å²) < 4.78 is 10.8. The Morgan fingerprint density at radius 2 is 1.72 bits per heavy atom. The van der Waals surface area contributed by atoms with Gasteiger partial charge < -0.3 is 30.1 Å². The standard InChI is InChI=1S/C25H36N4O3/c1-4-26-25(27-13-5-6-19-7-9-22(30)10-8-19)28-20-11-14-29(15-12-20)21-16-23(31-2)18-24(17-21)32-3/h7-10,16-18,20,30H,4-6,11-15H2,1-3H3,(H2,26,27,28). The molecule has 2 aromatic rings. The number of hydrogen-bond acceptors (Lipinski definition) is 5. The number of rotatable bonds is 9. The minimum absolute atomic E-state index is 0.307. The number of nitrogens with one attached hydrogen (secondary N) is 2. The van der Waals surface area contributed by atoms with Crippen molar-refractivity contribution in [2.45, 2.75) is 38.6 Å². The molecule has 0 aliphatic carbocycles. The van der Waals surface area contributed by atoms with Gasteiger partial charge in [0.05, 0.1) is 14.2 Å². The van der Waals surface area contributed by atoms with Crippen molar-refractivity contribution in [1.82, 2.24) is 10.6 Å². The van der Waals surface area contributed by atoms with Crippen LogP contribution < -0.4 is 25.0 Å². The fourth-order valence-corrected chi connectivity index (χ4v) is 3.91. The first kappa shape index (κ1) is 23.6. The van der Waals surface area contributed by atoms with Crippen LogP contribution in [0, 0.1) is 0 Å². The lowest BCUT2D eigenvalue weighted by Crippen LogP contribution is -2.48. The third kappa shape index (κ3) is 6.97. The van der Waals surface area contributed by atoms with E-state index in [2.05, 4.69) is 34.6 Å². The molecule has 174 valence electrons. The van der Waals surface area contributed by atoms with Gasteiger partial charge in [0.2, 0.25) is 0 Å². The summed E-state index contributed by atoms with van der Waals surface area (Å²) in [5.41, 5.74) is 2.35. The van der Waals surface area contributed by atoms with Gasteiger partial charge in [-0.05, 0) is 50.3 Å². The fourth-order valence-electron chi connectivity index (χ4n) is 3.91. The Hall–Kier alpha value is -3.09. The maximum absolute atomic E-state index is 9.39. The second-order valence-corrected chi connectivity index (χ2v) is 8.01. The van der Waals surface area contributed by atoms with E-state index in [1.165, 1.54) is 5.56 Å². The summed E-state index contributed by atoms with van der Waals surface area (Å²) in [5, 5.41) is 16.4. The lowest BCUT2D eigenvalue weighted by atomic mass is 10.0. The van der Waals surface area contributed by atoms with E-state index in [1.807, 2.05) is 18.2 Å². The van der Waals surface area contributed by atoms with E-state index < -0.39 is 0 Å². The average molecular weight is 441 g/mol. The first-order chi connectivity index (χ1) is 15.6. The molecule has 1 saturated heterocycles. The number of phenolic OH excluding ortho intramolecular Hbond substituents is 1. The number of aliphatic imine (C=N–C) groups is 1. The van der Waals surface area contributed by atoms with Gasteiger partial charge in [-0.3, -0.25) is 4.99 Å². The van der Waals surface area contributed by atoms with Crippen molar-refractivity contribution in [1.29, 1.82) is 0 Å². The van der Waals surface area contributed by atoms with Crippen LogP contribution in [0.1, 0.15) is 31.7 Å². The number of hydrogen-bond donors (Lipinski definition) is 3. The van der Waals surface area contributed by atoms with Gasteiger partial charge in [0.1, 0.15) is 17.2 Å². The van der Waals surface area contributed by atoms with E-state index in [9.17, 15) is 5.11 Å². The molecule has 0 amide bonds. The Labute approximate surface area is 191 Å². The Morgan fingerprint density at radius 3 is 2.31 bits per heavy atom. The maximum atomic E-state index is 9.39. The molecular weight excluding hydrogens is 404 g/mol. The number of benzene rings is 2. The van der Waals surface area contributed by atoms with Crippen molar-refractivity contribution in [3.05, 3.63) is 48.0 Å². The third-order valence-electron chi connectivity index (χ3n) is 5.71. The van der Waals surface area contributed by atoms with E-state index in [1.54, 1.807) is 26.4 Å². The molecule has 0 bridgehead atoms. The lowest BCUT2D eigenvalue weighted by molar-refractivity contribution is 0.393. The lowest BCUT2D eigenvalue weighted by Gasteiger charge is -2.34. The highest BCUT2D eigenvalue weighted by atomic mass is 16.5. The number of ether oxygens (including phenoxy) is 2. The molecule has 1 heterocycles. The molecule has 0 spiro atoms. The third-order valence-corrected chi connectivity index (χ3v) is 5.71. The zero-order valence-corrected chi connectivity index (χ0v) is 19.4. The molecule has 7 heteroatoms. The van der Waals surface area contributed by atoms with E-state index in [0.29, 0.717) is 11.8 Å². The summed E-state index contributed by atoms with van der Waals surface area (Å²) in [7, 11) is 3.36. The van der Waals surface area contributed by atoms with Gasteiger partial charge in [0.25, 0.3) is 0 Å². The molecule has 32 heavy (non-hydrogen) atoms. The molecule has 3 N–H and O–H groups in total. The molecule has 0 radical (unpaired) electrons. The first-order valence-corrected chi connectivity index (χ1v) is 11.4. The summed E-state index contributed by atoms with van der Waals surface area (Å²) in [5.74, 6) is 2.82. The number of guanidine groups is 1. The largest absolute Gasteiger partial charge is 0.508 e. The molecule has 0 atom stereocenters. The minimum Gasteiger partial charge on any atom is -0.508 e. The van der Waals surface area contributed by atoms with Crippen LogP contribution in [0.3, 0.4) is 0 Å². The number of methoxy groups -OCH3 is 2. The van der Waals surface area contributed by atoms with Crippen LogP contribution >= 0.6 is 0 Å². The smallest absolute Gasteiger partial charge is 0.191 e. The normalized spacial score (nSPS) is 14.8. The van der Waals surface area contributed by atoms with E-state index >= 15 is 0 Å². The molecule has 3 rings (SSSR count). The molecule has 0 saturated carbocycles. The number of aromatic hydroxyl groups is 1. The molecule has 1 aliphatic rings. The Morgan fingerprint density at radius 1 is 1.06 bits per heavy atom. The zero-order chi connectivity index (χ0) is 22.8. The van der Waals surface area contributed by atoms with Gasteiger partial charge in [-0.25, -0.2) is 0 Å². The summed E-state index contributed by atoms with van der Waals surface area (Å²) >= 11 is 0. The Kier molecular flexibility index (Phi) is 8.90. The van der Waals surface area contributed by atoms with Gasteiger partial charge in [0.15, 0.2) is 5.96 Å². The van der Waals surface area contributed by atoms with E-state index in [4.69, 9.17) is 14.5 Å². The van der Waals surface area contributed by atoms with E-state index in [-0.39, 0.29) is 0 Å². The molecule has 0 unspecified atom stereocenters. The predicted molar refractivity (Wildman–Crippen MR) is 130 cm³/mol. The van der Waals surface area contributed by atoms with Crippen LogP contribution in [-0.2, 0) is 6.42 Å². The van der Waals surface area contributed by atoms with Crippen molar-refractivity contribution in [2.75, 3.05) is 45.3 Å². The summed E-state index contributed by atoms with van der Waals surface area (Å²) in [6.07, 6.45) is 4.00. The van der Waals surface area contributed by atoms with Gasteiger partial charge in [-0.15, -0.1) is 0 Å². The quantitative estimate of drug-likeness (QED) is 0.314. The van der Waals surface area contributed by atoms with Crippen molar-refractivity contribution in [2.24, 2.45) is 4.99 Å². The number of piperidine rings is 1. The van der Waals surface area contributed by atoms with Crippen LogP contribution in [0.2, 0.25) is 0 Å². The summed E-state index contributed by atoms with van der Waals surface area (Å²) in [4.78, 5) is 7.14. The highest BCUT2D eigenvalue weighted by Crippen LogP contribution is 2.30. The molecule has 2 aromatic carbocycles. The number of nitrogens with zero attached hydrogens (tertiary/aromatic N) is 2. The van der Waals surface area contributed by atoms with Crippen molar-refractivity contribution >= 4 is 11.6 Å². The molecule has 1 aliphatic heterocycles. The molecule has 0 aromatic heterocycles. The van der Waals surface area contributed by atoms with Crippen molar-refractivity contribution in [3.8, 4) is 17.2 Å².